The van der Waals surface area contributed by atoms with E-state index in [9.17, 15) is 16.8 Å². The van der Waals surface area contributed by atoms with Crippen LogP contribution in [0.4, 0.5) is 0 Å². The Balaban J connectivity index is 0. The van der Waals surface area contributed by atoms with Crippen LogP contribution < -0.4 is 0 Å². The molecule has 0 amide bonds. The smallest absolute Gasteiger partial charge is 0.264 e. The average molecular weight is 234 g/mol. The van der Waals surface area contributed by atoms with Crippen molar-refractivity contribution in [2.45, 2.75) is 6.92 Å². The van der Waals surface area contributed by atoms with E-state index in [4.69, 9.17) is 0 Å². The van der Waals surface area contributed by atoms with Gasteiger partial charge in [0, 0.05) is 0 Å². The molecule has 0 bridgehead atoms. The van der Waals surface area contributed by atoms with E-state index in [1.54, 1.807) is 6.92 Å². The molecule has 0 aliphatic heterocycles. The minimum atomic E-state index is -3.17. The van der Waals surface area contributed by atoms with Gasteiger partial charge in [-0.25, -0.2) is 0 Å². The summed E-state index contributed by atoms with van der Waals surface area (Å²) in [6, 6.07) is 0. The highest BCUT2D eigenvalue weighted by atomic mass is 32.2. The van der Waals surface area contributed by atoms with Crippen LogP contribution in [0.2, 0.25) is 0 Å². The van der Waals surface area contributed by atoms with Crippen LogP contribution in [0.15, 0.2) is 0 Å². The highest BCUT2D eigenvalue weighted by molar-refractivity contribution is 7.86. The summed E-state index contributed by atoms with van der Waals surface area (Å²) >= 11 is 0. The van der Waals surface area contributed by atoms with Crippen LogP contribution >= 0.6 is 0 Å². The molecule has 0 saturated carbocycles. The average Bonchev–Trinajstić information content (AvgIpc) is 1.84. The highest BCUT2D eigenvalue weighted by Gasteiger charge is 1.94. The van der Waals surface area contributed by atoms with Gasteiger partial charge in [-0.05, 0) is 6.92 Å². The molecule has 13 heavy (non-hydrogen) atoms. The van der Waals surface area contributed by atoms with E-state index < -0.39 is 20.2 Å². The van der Waals surface area contributed by atoms with Gasteiger partial charge in [-0.2, -0.15) is 16.8 Å². The Hall–Kier alpha value is -0.180. The Morgan fingerprint density at radius 2 is 1.31 bits per heavy atom. The molecule has 0 radical (unpaired) electrons. The van der Waals surface area contributed by atoms with Crippen LogP contribution in [0.5, 0.6) is 0 Å². The second kappa shape index (κ2) is 6.30. The van der Waals surface area contributed by atoms with Crippen LogP contribution in [0.3, 0.4) is 0 Å². The van der Waals surface area contributed by atoms with Crippen LogP contribution in [0, 0.1) is 0 Å². The van der Waals surface area contributed by atoms with E-state index >= 15 is 0 Å². The fourth-order valence-corrected chi connectivity index (χ4v) is 0.642. The molecule has 0 aromatic carbocycles. The quantitative estimate of drug-likeness (QED) is 0.616. The monoisotopic (exact) mass is 234 g/mol. The van der Waals surface area contributed by atoms with Crippen LogP contribution in [-0.4, -0.2) is 43.1 Å². The van der Waals surface area contributed by atoms with E-state index in [-0.39, 0.29) is 6.61 Å². The zero-order valence-electron chi connectivity index (χ0n) is 7.97. The molecule has 8 heteroatoms. The molecule has 0 atom stereocenters. The van der Waals surface area contributed by atoms with Crippen molar-refractivity contribution >= 4 is 20.2 Å². The van der Waals surface area contributed by atoms with Gasteiger partial charge in [-0.3, -0.25) is 8.37 Å². The zero-order chi connectivity index (χ0) is 11.1. The minimum absolute atomic E-state index is 0.221. The van der Waals surface area contributed by atoms with Gasteiger partial charge in [0.2, 0.25) is 0 Å². The predicted octanol–water partition coefficient (Wildman–Crippen LogP) is -0.425. The summed E-state index contributed by atoms with van der Waals surface area (Å²) in [5.74, 6) is 0. The van der Waals surface area contributed by atoms with Gasteiger partial charge in [0.1, 0.15) is 0 Å². The summed E-state index contributed by atoms with van der Waals surface area (Å²) in [6.45, 7) is 1.85. The summed E-state index contributed by atoms with van der Waals surface area (Å²) in [6.07, 6.45) is 2.02. The van der Waals surface area contributed by atoms with E-state index in [0.717, 1.165) is 19.6 Å². The molecule has 0 aromatic rings. The lowest BCUT2D eigenvalue weighted by molar-refractivity contribution is 0.342. The van der Waals surface area contributed by atoms with E-state index in [2.05, 4.69) is 8.37 Å². The van der Waals surface area contributed by atoms with Crippen molar-refractivity contribution in [3.05, 3.63) is 0 Å². The molecular formula is C5H14O6S2. The van der Waals surface area contributed by atoms with E-state index in [1.165, 1.54) is 0 Å². The Morgan fingerprint density at radius 3 is 1.31 bits per heavy atom. The minimum Gasteiger partial charge on any atom is -0.274 e. The molecular weight excluding hydrogens is 220 g/mol. The molecule has 0 fully saturated rings. The van der Waals surface area contributed by atoms with Gasteiger partial charge in [-0.1, -0.05) is 0 Å². The predicted molar refractivity (Wildman–Crippen MR) is 48.3 cm³/mol. The Kier molecular flexibility index (Phi) is 7.41. The SMILES string of the molecule is CCOS(C)(=O)=O.COS(C)(=O)=O. The van der Waals surface area contributed by atoms with Crippen LogP contribution in [0.1, 0.15) is 6.92 Å². The maximum Gasteiger partial charge on any atom is 0.264 e. The molecule has 6 nitrogen and oxygen atoms in total. The number of hydrogen-bond donors (Lipinski definition) is 0. The van der Waals surface area contributed by atoms with Gasteiger partial charge in [0.25, 0.3) is 20.2 Å². The first-order valence-corrected chi connectivity index (χ1v) is 6.85. The van der Waals surface area contributed by atoms with Crippen molar-refractivity contribution in [1.29, 1.82) is 0 Å². The van der Waals surface area contributed by atoms with Crippen molar-refractivity contribution in [2.75, 3.05) is 26.2 Å². The molecule has 0 saturated heterocycles. The second-order valence-corrected chi connectivity index (χ2v) is 5.37. The van der Waals surface area contributed by atoms with Crippen molar-refractivity contribution in [2.24, 2.45) is 0 Å². The van der Waals surface area contributed by atoms with Crippen molar-refractivity contribution in [1.82, 2.24) is 0 Å². The summed E-state index contributed by atoms with van der Waals surface area (Å²) in [5, 5.41) is 0. The van der Waals surface area contributed by atoms with Crippen LogP contribution in [0.25, 0.3) is 0 Å². The van der Waals surface area contributed by atoms with Gasteiger partial charge >= 0.3 is 0 Å². The van der Waals surface area contributed by atoms with Gasteiger partial charge in [-0.15, -0.1) is 0 Å². The van der Waals surface area contributed by atoms with Gasteiger partial charge < -0.3 is 0 Å². The molecule has 0 aromatic heterocycles. The summed E-state index contributed by atoms with van der Waals surface area (Å²) in [5.41, 5.74) is 0. The number of hydrogen-bond acceptors (Lipinski definition) is 6. The largest absolute Gasteiger partial charge is 0.274 e. The summed E-state index contributed by atoms with van der Waals surface area (Å²) in [7, 11) is -5.22. The van der Waals surface area contributed by atoms with E-state index in [1.807, 2.05) is 0 Å². The Labute approximate surface area is 79.1 Å². The molecule has 0 heterocycles. The Bertz CT molecular complexity index is 300. The van der Waals surface area contributed by atoms with Crippen LogP contribution in [-0.2, 0) is 28.6 Å². The molecule has 0 spiro atoms. The lowest BCUT2D eigenvalue weighted by Crippen LogP contribution is -2.00. The van der Waals surface area contributed by atoms with Gasteiger partial charge in [0.15, 0.2) is 0 Å². The first-order valence-electron chi connectivity index (χ1n) is 3.22. The third kappa shape index (κ3) is 24.5. The second-order valence-electron chi connectivity index (χ2n) is 1.98. The fraction of sp³-hybridized carbons (Fsp3) is 1.00. The molecule has 0 aliphatic rings. The first kappa shape index (κ1) is 15.3. The maximum atomic E-state index is 10.0. The lowest BCUT2D eigenvalue weighted by Gasteiger charge is -1.90. The molecule has 0 rings (SSSR count). The topological polar surface area (TPSA) is 86.7 Å². The standard InChI is InChI=1S/C3H8O3S.C2H6O3S/c1-3-6-7(2,4)5;1-5-6(2,3)4/h3H2,1-2H3;1-2H3. The summed E-state index contributed by atoms with van der Waals surface area (Å²) < 4.78 is 47.7. The third-order valence-electron chi connectivity index (χ3n) is 0.635. The van der Waals surface area contributed by atoms with Crippen molar-refractivity contribution in [3.63, 3.8) is 0 Å². The highest BCUT2D eigenvalue weighted by Crippen LogP contribution is 1.82. The van der Waals surface area contributed by atoms with Gasteiger partial charge in [0.05, 0.1) is 26.2 Å². The molecule has 82 valence electrons. The van der Waals surface area contributed by atoms with E-state index in [0.29, 0.717) is 0 Å². The maximum absolute atomic E-state index is 10.0. The normalized spacial score (nSPS) is 11.7. The summed E-state index contributed by atoms with van der Waals surface area (Å²) in [4.78, 5) is 0. The first-order chi connectivity index (χ1) is 5.62. The van der Waals surface area contributed by atoms with Crippen molar-refractivity contribution < 1.29 is 25.2 Å². The molecule has 0 unspecified atom stereocenters. The molecule has 0 aliphatic carbocycles. The fourth-order valence-electron chi connectivity index (χ4n) is 0.214. The lowest BCUT2D eigenvalue weighted by atomic mass is 10.9. The molecule has 0 N–H and O–H groups in total. The number of rotatable bonds is 3. The Morgan fingerprint density at radius 1 is 1.00 bits per heavy atom. The van der Waals surface area contributed by atoms with Crippen molar-refractivity contribution in [3.8, 4) is 0 Å². The third-order valence-corrected chi connectivity index (χ3v) is 1.90. The zero-order valence-corrected chi connectivity index (χ0v) is 9.61.